The Morgan fingerprint density at radius 2 is 2.29 bits per heavy atom. The molecule has 0 saturated carbocycles. The molecule has 0 fully saturated rings. The predicted molar refractivity (Wildman–Crippen MR) is 53.0 cm³/mol. The molecule has 0 bridgehead atoms. The molecule has 0 radical (unpaired) electrons. The van der Waals surface area contributed by atoms with Gasteiger partial charge in [-0.3, -0.25) is 4.98 Å². The number of aromatic nitrogens is 1. The number of ether oxygens (including phenoxy) is 1. The Balaban J connectivity index is 2.48. The third kappa shape index (κ3) is 1.28. The second-order valence-corrected chi connectivity index (χ2v) is 4.10. The highest BCUT2D eigenvalue weighted by atomic mass is 16.5. The van der Waals surface area contributed by atoms with E-state index in [1.54, 1.807) is 6.92 Å². The van der Waals surface area contributed by atoms with E-state index in [4.69, 9.17) is 4.74 Å². The highest BCUT2D eigenvalue weighted by Crippen LogP contribution is 2.39. The van der Waals surface area contributed by atoms with Crippen LogP contribution in [0.15, 0.2) is 6.20 Å². The van der Waals surface area contributed by atoms with Crippen LogP contribution in [0.2, 0.25) is 0 Å². The van der Waals surface area contributed by atoms with Crippen LogP contribution < -0.4 is 0 Å². The van der Waals surface area contributed by atoms with Gasteiger partial charge in [-0.25, -0.2) is 0 Å². The first kappa shape index (κ1) is 9.46. The molecule has 76 valence electrons. The standard InChI is InChI=1S/C11H15NO2/c1-6(2)11-8-4-12-7(3)10(13)9(8)5-14-11/h4,6,11,13H,5H2,1-3H3. The Bertz CT molecular complexity index is 361. The second-order valence-electron chi connectivity index (χ2n) is 4.10. The highest BCUT2D eigenvalue weighted by Gasteiger charge is 2.29. The predicted octanol–water partition coefficient (Wildman–Crippen LogP) is 2.32. The van der Waals surface area contributed by atoms with Crippen molar-refractivity contribution >= 4 is 0 Å². The summed E-state index contributed by atoms with van der Waals surface area (Å²) in [5, 5.41) is 9.78. The van der Waals surface area contributed by atoms with Crippen LogP contribution in [-0.2, 0) is 11.3 Å². The smallest absolute Gasteiger partial charge is 0.142 e. The van der Waals surface area contributed by atoms with Crippen LogP contribution in [0.5, 0.6) is 5.75 Å². The van der Waals surface area contributed by atoms with Crippen LogP contribution in [-0.4, -0.2) is 10.1 Å². The lowest BCUT2D eigenvalue weighted by molar-refractivity contribution is 0.0337. The van der Waals surface area contributed by atoms with E-state index in [1.165, 1.54) is 0 Å². The van der Waals surface area contributed by atoms with E-state index in [0.29, 0.717) is 24.0 Å². The third-order valence-corrected chi connectivity index (χ3v) is 2.69. The molecule has 0 aliphatic carbocycles. The quantitative estimate of drug-likeness (QED) is 0.744. The third-order valence-electron chi connectivity index (χ3n) is 2.69. The zero-order valence-corrected chi connectivity index (χ0v) is 8.74. The topological polar surface area (TPSA) is 42.4 Å². The number of pyridine rings is 1. The van der Waals surface area contributed by atoms with Crippen molar-refractivity contribution in [3.63, 3.8) is 0 Å². The maximum atomic E-state index is 9.78. The molecular weight excluding hydrogens is 178 g/mol. The van der Waals surface area contributed by atoms with Gasteiger partial charge >= 0.3 is 0 Å². The van der Waals surface area contributed by atoms with Gasteiger partial charge in [0.05, 0.1) is 18.4 Å². The Labute approximate surface area is 83.7 Å². The van der Waals surface area contributed by atoms with Crippen molar-refractivity contribution in [3.8, 4) is 5.75 Å². The van der Waals surface area contributed by atoms with Crippen molar-refractivity contribution in [2.75, 3.05) is 0 Å². The summed E-state index contributed by atoms with van der Waals surface area (Å²) >= 11 is 0. The normalized spacial score (nSPS) is 20.1. The van der Waals surface area contributed by atoms with Gasteiger partial charge in [-0.2, -0.15) is 0 Å². The molecule has 1 N–H and O–H groups in total. The summed E-state index contributed by atoms with van der Waals surface area (Å²) in [7, 11) is 0. The average Bonchev–Trinajstić information content (AvgIpc) is 2.55. The average molecular weight is 193 g/mol. The molecular formula is C11H15NO2. The molecule has 3 nitrogen and oxygen atoms in total. The van der Waals surface area contributed by atoms with Crippen LogP contribution in [0.3, 0.4) is 0 Å². The minimum absolute atomic E-state index is 0.0870. The molecule has 1 unspecified atom stereocenters. The summed E-state index contributed by atoms with van der Waals surface area (Å²) in [4.78, 5) is 4.15. The van der Waals surface area contributed by atoms with Crippen molar-refractivity contribution < 1.29 is 9.84 Å². The maximum absolute atomic E-state index is 9.78. The minimum Gasteiger partial charge on any atom is -0.506 e. The zero-order chi connectivity index (χ0) is 10.3. The molecule has 14 heavy (non-hydrogen) atoms. The van der Waals surface area contributed by atoms with Gasteiger partial charge in [0.25, 0.3) is 0 Å². The van der Waals surface area contributed by atoms with Crippen molar-refractivity contribution in [2.24, 2.45) is 5.92 Å². The van der Waals surface area contributed by atoms with Gasteiger partial charge in [-0.15, -0.1) is 0 Å². The second kappa shape index (κ2) is 3.24. The fraction of sp³-hybridized carbons (Fsp3) is 0.545. The van der Waals surface area contributed by atoms with Crippen LogP contribution in [0.4, 0.5) is 0 Å². The first-order valence-corrected chi connectivity index (χ1v) is 4.90. The Morgan fingerprint density at radius 1 is 1.57 bits per heavy atom. The molecule has 3 heteroatoms. The highest BCUT2D eigenvalue weighted by molar-refractivity contribution is 5.43. The molecule has 0 spiro atoms. The summed E-state index contributed by atoms with van der Waals surface area (Å²) in [5.74, 6) is 0.714. The van der Waals surface area contributed by atoms with Gasteiger partial charge in [0.1, 0.15) is 5.75 Å². The fourth-order valence-electron chi connectivity index (χ4n) is 1.87. The number of rotatable bonds is 1. The molecule has 2 rings (SSSR count). The van der Waals surface area contributed by atoms with E-state index in [2.05, 4.69) is 18.8 Å². The van der Waals surface area contributed by atoms with E-state index in [-0.39, 0.29) is 6.10 Å². The van der Waals surface area contributed by atoms with Crippen LogP contribution in [0, 0.1) is 12.8 Å². The van der Waals surface area contributed by atoms with Crippen molar-refractivity contribution in [1.29, 1.82) is 0 Å². The number of aromatic hydroxyl groups is 1. The molecule has 2 heterocycles. The maximum Gasteiger partial charge on any atom is 0.142 e. The molecule has 0 saturated heterocycles. The molecule has 1 aromatic heterocycles. The number of aryl methyl sites for hydroxylation is 1. The monoisotopic (exact) mass is 193 g/mol. The molecule has 1 aliphatic heterocycles. The SMILES string of the molecule is Cc1ncc2c(c1O)COC2C(C)C. The molecule has 0 amide bonds. The van der Waals surface area contributed by atoms with Crippen LogP contribution in [0.25, 0.3) is 0 Å². The first-order chi connectivity index (χ1) is 6.61. The summed E-state index contributed by atoms with van der Waals surface area (Å²) in [5.41, 5.74) is 2.64. The summed E-state index contributed by atoms with van der Waals surface area (Å²) < 4.78 is 5.62. The first-order valence-electron chi connectivity index (χ1n) is 4.90. The van der Waals surface area contributed by atoms with Gasteiger partial charge in [0.15, 0.2) is 0 Å². The Hall–Kier alpha value is -1.09. The Morgan fingerprint density at radius 3 is 2.93 bits per heavy atom. The van der Waals surface area contributed by atoms with Crippen LogP contribution >= 0.6 is 0 Å². The Kier molecular flexibility index (Phi) is 2.19. The van der Waals surface area contributed by atoms with Gasteiger partial charge < -0.3 is 9.84 Å². The van der Waals surface area contributed by atoms with Gasteiger partial charge in [-0.05, 0) is 12.8 Å². The lowest BCUT2D eigenvalue weighted by atomic mass is 9.98. The molecule has 1 aliphatic rings. The number of nitrogens with zero attached hydrogens (tertiary/aromatic N) is 1. The summed E-state index contributed by atoms with van der Waals surface area (Å²) in [6.07, 6.45) is 1.91. The number of hydrogen-bond donors (Lipinski definition) is 1. The van der Waals surface area contributed by atoms with Crippen LogP contribution in [0.1, 0.15) is 36.8 Å². The molecule has 0 aromatic carbocycles. The molecule has 1 aromatic rings. The lowest BCUT2D eigenvalue weighted by Crippen LogP contribution is -2.04. The summed E-state index contributed by atoms with van der Waals surface area (Å²) in [6, 6.07) is 0. The number of fused-ring (bicyclic) bond motifs is 1. The largest absolute Gasteiger partial charge is 0.506 e. The fourth-order valence-corrected chi connectivity index (χ4v) is 1.87. The minimum atomic E-state index is 0.0870. The van der Waals surface area contributed by atoms with Gasteiger partial charge in [0, 0.05) is 17.3 Å². The van der Waals surface area contributed by atoms with E-state index >= 15 is 0 Å². The van der Waals surface area contributed by atoms with Crippen molar-refractivity contribution in [2.45, 2.75) is 33.5 Å². The van der Waals surface area contributed by atoms with Crippen molar-refractivity contribution in [1.82, 2.24) is 4.98 Å². The number of hydrogen-bond acceptors (Lipinski definition) is 3. The van der Waals surface area contributed by atoms with E-state index in [0.717, 1.165) is 11.1 Å². The zero-order valence-electron chi connectivity index (χ0n) is 8.74. The van der Waals surface area contributed by atoms with E-state index in [1.807, 2.05) is 6.20 Å². The lowest BCUT2D eigenvalue weighted by Gasteiger charge is -2.14. The van der Waals surface area contributed by atoms with Crippen molar-refractivity contribution in [3.05, 3.63) is 23.0 Å². The van der Waals surface area contributed by atoms with E-state index < -0.39 is 0 Å². The van der Waals surface area contributed by atoms with Gasteiger partial charge in [0.2, 0.25) is 0 Å². The molecule has 1 atom stereocenters. The van der Waals surface area contributed by atoms with E-state index in [9.17, 15) is 5.11 Å². The van der Waals surface area contributed by atoms with Gasteiger partial charge in [-0.1, -0.05) is 13.8 Å². The summed E-state index contributed by atoms with van der Waals surface area (Å²) in [6.45, 7) is 6.53.